The zero-order valence-electron chi connectivity index (χ0n) is 13.6. The first-order valence-electron chi connectivity index (χ1n) is 7.95. The van der Waals surface area contributed by atoms with Gasteiger partial charge in [-0.05, 0) is 49.4 Å². The van der Waals surface area contributed by atoms with E-state index in [1.54, 1.807) is 29.5 Å². The zero-order chi connectivity index (χ0) is 17.4. The molecule has 3 nitrogen and oxygen atoms in total. The van der Waals surface area contributed by atoms with Crippen molar-refractivity contribution in [1.82, 2.24) is 0 Å². The molecule has 0 unspecified atom stereocenters. The van der Waals surface area contributed by atoms with Gasteiger partial charge < -0.3 is 5.32 Å². The van der Waals surface area contributed by atoms with E-state index in [0.717, 1.165) is 15.0 Å². The lowest BCUT2D eigenvalue weighted by molar-refractivity contribution is 0.102. The van der Waals surface area contributed by atoms with Gasteiger partial charge in [-0.2, -0.15) is 0 Å². The van der Waals surface area contributed by atoms with Gasteiger partial charge in [-0.1, -0.05) is 29.8 Å². The molecule has 0 radical (unpaired) electrons. The van der Waals surface area contributed by atoms with Crippen LogP contribution < -0.4 is 10.7 Å². The van der Waals surface area contributed by atoms with Gasteiger partial charge in [0.15, 0.2) is 5.43 Å². The summed E-state index contributed by atoms with van der Waals surface area (Å²) in [6.07, 6.45) is 0. The minimum Gasteiger partial charge on any atom is -0.322 e. The molecule has 1 N–H and O–H groups in total. The average molecular weight is 345 g/mol. The van der Waals surface area contributed by atoms with E-state index in [-0.39, 0.29) is 11.3 Å². The summed E-state index contributed by atoms with van der Waals surface area (Å²) in [5.41, 5.74) is 2.31. The molecule has 0 aliphatic rings. The summed E-state index contributed by atoms with van der Waals surface area (Å²) >= 11 is 1.58. The summed E-state index contributed by atoms with van der Waals surface area (Å²) < 4.78 is 1.88. The highest BCUT2D eigenvalue weighted by Gasteiger charge is 2.09. The third-order valence-electron chi connectivity index (χ3n) is 4.15. The number of nitrogens with one attached hydrogen (secondary N) is 1. The smallest absolute Gasteiger partial charge is 0.255 e. The van der Waals surface area contributed by atoms with Crippen LogP contribution in [0.4, 0.5) is 5.69 Å². The van der Waals surface area contributed by atoms with Gasteiger partial charge in [-0.25, -0.2) is 0 Å². The standard InChI is InChI=1S/C21H15NO2S/c1-13-6-8-14(9-7-13)21(24)22-15-10-11-19-17(12-15)20(23)16-4-2-3-5-18(16)25-19/h2-12H,1H3,(H,22,24). The van der Waals surface area contributed by atoms with Crippen LogP contribution in [0.1, 0.15) is 15.9 Å². The maximum absolute atomic E-state index is 12.7. The van der Waals surface area contributed by atoms with Crippen molar-refractivity contribution in [2.24, 2.45) is 0 Å². The molecule has 122 valence electrons. The van der Waals surface area contributed by atoms with Gasteiger partial charge in [0.25, 0.3) is 5.91 Å². The van der Waals surface area contributed by atoms with Crippen LogP contribution in [0.25, 0.3) is 20.2 Å². The second kappa shape index (κ2) is 6.15. The predicted molar refractivity (Wildman–Crippen MR) is 105 cm³/mol. The Bertz CT molecular complexity index is 1160. The molecule has 4 aromatic rings. The zero-order valence-corrected chi connectivity index (χ0v) is 14.4. The van der Waals surface area contributed by atoms with Crippen molar-refractivity contribution in [3.05, 3.63) is 88.1 Å². The summed E-state index contributed by atoms with van der Waals surface area (Å²) in [5, 5.41) is 4.21. The molecule has 0 aliphatic carbocycles. The van der Waals surface area contributed by atoms with Crippen LogP contribution in [0.2, 0.25) is 0 Å². The van der Waals surface area contributed by atoms with Gasteiger partial charge in [0.2, 0.25) is 0 Å². The van der Waals surface area contributed by atoms with Crippen molar-refractivity contribution < 1.29 is 4.79 Å². The van der Waals surface area contributed by atoms with E-state index in [1.165, 1.54) is 0 Å². The van der Waals surface area contributed by atoms with Crippen molar-refractivity contribution >= 4 is 43.1 Å². The van der Waals surface area contributed by atoms with Crippen molar-refractivity contribution in [2.75, 3.05) is 5.32 Å². The number of anilines is 1. The Morgan fingerprint density at radius 1 is 0.880 bits per heavy atom. The first-order valence-corrected chi connectivity index (χ1v) is 8.77. The highest BCUT2D eigenvalue weighted by molar-refractivity contribution is 7.24. The molecule has 0 saturated heterocycles. The summed E-state index contributed by atoms with van der Waals surface area (Å²) in [7, 11) is 0. The lowest BCUT2D eigenvalue weighted by atomic mass is 10.1. The molecular weight excluding hydrogens is 330 g/mol. The van der Waals surface area contributed by atoms with E-state index < -0.39 is 0 Å². The maximum Gasteiger partial charge on any atom is 0.255 e. The molecule has 1 aromatic heterocycles. The Kier molecular flexibility index (Phi) is 3.82. The molecule has 4 heteroatoms. The lowest BCUT2D eigenvalue weighted by Crippen LogP contribution is -2.12. The van der Waals surface area contributed by atoms with Crippen LogP contribution in [0.5, 0.6) is 0 Å². The Morgan fingerprint density at radius 2 is 1.60 bits per heavy atom. The van der Waals surface area contributed by atoms with Crippen molar-refractivity contribution in [3.8, 4) is 0 Å². The molecular formula is C21H15NO2S. The fourth-order valence-electron chi connectivity index (χ4n) is 2.79. The Labute approximate surface area is 148 Å². The number of hydrogen-bond acceptors (Lipinski definition) is 3. The van der Waals surface area contributed by atoms with Crippen LogP contribution in [-0.4, -0.2) is 5.91 Å². The van der Waals surface area contributed by atoms with E-state index >= 15 is 0 Å². The lowest BCUT2D eigenvalue weighted by Gasteiger charge is -2.07. The molecule has 1 amide bonds. The first-order chi connectivity index (χ1) is 12.1. The number of carbonyl (C=O) groups is 1. The van der Waals surface area contributed by atoms with Gasteiger partial charge in [-0.3, -0.25) is 9.59 Å². The molecule has 0 spiro atoms. The maximum atomic E-state index is 12.7. The summed E-state index contributed by atoms with van der Waals surface area (Å²) in [6.45, 7) is 1.98. The van der Waals surface area contributed by atoms with E-state index in [4.69, 9.17) is 0 Å². The van der Waals surface area contributed by atoms with Crippen LogP contribution in [0.3, 0.4) is 0 Å². The fourth-order valence-corrected chi connectivity index (χ4v) is 3.84. The Hall–Kier alpha value is -2.98. The monoisotopic (exact) mass is 345 g/mol. The molecule has 0 atom stereocenters. The van der Waals surface area contributed by atoms with Crippen molar-refractivity contribution in [2.45, 2.75) is 6.92 Å². The summed E-state index contributed by atoms with van der Waals surface area (Å²) in [6, 6.07) is 20.5. The number of fused-ring (bicyclic) bond motifs is 2. The van der Waals surface area contributed by atoms with Gasteiger partial charge >= 0.3 is 0 Å². The second-order valence-corrected chi connectivity index (χ2v) is 7.04. The minimum atomic E-state index is -0.184. The molecule has 25 heavy (non-hydrogen) atoms. The Morgan fingerprint density at radius 3 is 2.40 bits per heavy atom. The van der Waals surface area contributed by atoms with Gasteiger partial charge in [0.1, 0.15) is 0 Å². The van der Waals surface area contributed by atoms with Crippen molar-refractivity contribution in [1.29, 1.82) is 0 Å². The van der Waals surface area contributed by atoms with Crippen LogP contribution in [-0.2, 0) is 0 Å². The molecule has 0 fully saturated rings. The second-order valence-electron chi connectivity index (χ2n) is 5.96. The number of rotatable bonds is 2. The van der Waals surface area contributed by atoms with E-state index in [9.17, 15) is 9.59 Å². The van der Waals surface area contributed by atoms with Crippen LogP contribution >= 0.6 is 11.3 Å². The van der Waals surface area contributed by atoms with Gasteiger partial charge in [-0.15, -0.1) is 11.3 Å². The largest absolute Gasteiger partial charge is 0.322 e. The average Bonchev–Trinajstić information content (AvgIpc) is 2.63. The first kappa shape index (κ1) is 15.5. The van der Waals surface area contributed by atoms with Crippen LogP contribution in [0, 0.1) is 6.92 Å². The fraction of sp³-hybridized carbons (Fsp3) is 0.0476. The molecule has 4 rings (SSSR count). The minimum absolute atomic E-state index is 0.00390. The predicted octanol–water partition coefficient (Wildman–Crippen LogP) is 4.98. The van der Waals surface area contributed by atoms with E-state index in [1.807, 2.05) is 55.5 Å². The third-order valence-corrected chi connectivity index (χ3v) is 5.30. The summed E-state index contributed by atoms with van der Waals surface area (Å²) in [4.78, 5) is 25.1. The summed E-state index contributed by atoms with van der Waals surface area (Å²) in [5.74, 6) is -0.184. The number of aryl methyl sites for hydroxylation is 1. The topological polar surface area (TPSA) is 46.2 Å². The molecule has 3 aromatic carbocycles. The van der Waals surface area contributed by atoms with E-state index in [2.05, 4.69) is 5.32 Å². The molecule has 0 aliphatic heterocycles. The third kappa shape index (κ3) is 2.92. The number of amides is 1. The van der Waals surface area contributed by atoms with E-state index in [0.29, 0.717) is 22.0 Å². The molecule has 0 bridgehead atoms. The normalized spacial score (nSPS) is 10.9. The Balaban J connectivity index is 1.74. The van der Waals surface area contributed by atoms with Gasteiger partial charge in [0.05, 0.1) is 0 Å². The highest BCUT2D eigenvalue weighted by atomic mass is 32.1. The van der Waals surface area contributed by atoms with Crippen molar-refractivity contribution in [3.63, 3.8) is 0 Å². The number of carbonyl (C=O) groups excluding carboxylic acids is 1. The number of benzene rings is 3. The molecule has 1 heterocycles. The SMILES string of the molecule is Cc1ccc(C(=O)Nc2ccc3sc4ccccc4c(=O)c3c2)cc1. The van der Waals surface area contributed by atoms with Gasteiger partial charge in [0, 0.05) is 31.4 Å². The highest BCUT2D eigenvalue weighted by Crippen LogP contribution is 2.26. The van der Waals surface area contributed by atoms with Crippen LogP contribution in [0.15, 0.2) is 71.5 Å². The molecule has 0 saturated carbocycles. The quantitative estimate of drug-likeness (QED) is 0.521. The number of hydrogen-bond donors (Lipinski definition) is 1.